The molecule has 4 unspecified atom stereocenters. The van der Waals surface area contributed by atoms with Crippen molar-refractivity contribution in [3.05, 3.63) is 23.3 Å². The number of aryl methyl sites for hydroxylation is 1. The number of rotatable bonds is 1. The molecule has 0 spiro atoms. The van der Waals surface area contributed by atoms with Gasteiger partial charge in [-0.2, -0.15) is 0 Å². The third-order valence-corrected chi connectivity index (χ3v) is 8.29. The van der Waals surface area contributed by atoms with Crippen molar-refractivity contribution < 1.29 is 14.3 Å². The molecular formula is C23H32O3. The minimum atomic E-state index is -0.362. The van der Waals surface area contributed by atoms with Crippen LogP contribution in [0.1, 0.15) is 64.0 Å². The van der Waals surface area contributed by atoms with Gasteiger partial charge < -0.3 is 9.47 Å². The lowest BCUT2D eigenvalue weighted by Crippen LogP contribution is -2.51. The van der Waals surface area contributed by atoms with Gasteiger partial charge in [0.15, 0.2) is 23.4 Å². The molecule has 2 fully saturated rings. The van der Waals surface area contributed by atoms with E-state index in [0.717, 1.165) is 30.3 Å². The largest absolute Gasteiger partial charge is 0.493 e. The van der Waals surface area contributed by atoms with Gasteiger partial charge in [0.25, 0.3) is 0 Å². The molecule has 3 nitrogen and oxygen atoms in total. The summed E-state index contributed by atoms with van der Waals surface area (Å²) < 4.78 is 12.1. The molecule has 0 aromatic heterocycles. The second-order valence-electron chi connectivity index (χ2n) is 9.31. The second-order valence-corrected chi connectivity index (χ2v) is 9.31. The first kappa shape index (κ1) is 17.9. The smallest absolute Gasteiger partial charge is 0.173 e. The standard InChI is InChI=1S/C23H32O3/c1-14-9-10-19(25-5)21-17(14)8-6-7-16-13-23(16,4)22(3)12-11-18(24)20(26-21)15(22)2/h9-10,15-16,20H,6-8,11-13H2,1-5H3/t15?,16?,20?,22-,23?/m1/s1. The van der Waals surface area contributed by atoms with Crippen molar-refractivity contribution in [3.63, 3.8) is 0 Å². The molecule has 1 aromatic rings. The first-order valence-corrected chi connectivity index (χ1v) is 10.2. The van der Waals surface area contributed by atoms with Gasteiger partial charge in [-0.1, -0.05) is 26.8 Å². The van der Waals surface area contributed by atoms with E-state index in [1.165, 1.54) is 30.4 Å². The van der Waals surface area contributed by atoms with Crippen LogP contribution in [0.3, 0.4) is 0 Å². The first-order chi connectivity index (χ1) is 12.3. The number of ketones is 1. The minimum absolute atomic E-state index is 0.164. The summed E-state index contributed by atoms with van der Waals surface area (Å²) in [4.78, 5) is 12.9. The highest BCUT2D eigenvalue weighted by Crippen LogP contribution is 2.70. The van der Waals surface area contributed by atoms with Gasteiger partial charge in [-0.3, -0.25) is 4.79 Å². The van der Waals surface area contributed by atoms with Crippen LogP contribution in [0.25, 0.3) is 0 Å². The van der Waals surface area contributed by atoms with Crippen LogP contribution in [0, 0.1) is 29.6 Å². The van der Waals surface area contributed by atoms with Gasteiger partial charge in [0.2, 0.25) is 0 Å². The van der Waals surface area contributed by atoms with Crippen LogP contribution in [0.2, 0.25) is 0 Å². The lowest BCUT2D eigenvalue weighted by molar-refractivity contribution is -0.139. The number of carbonyl (C=O) groups excluding carboxylic acids is 1. The minimum Gasteiger partial charge on any atom is -0.493 e. The Hall–Kier alpha value is -1.51. The molecule has 2 aliphatic carbocycles. The number of ether oxygens (including phenoxy) is 2. The predicted octanol–water partition coefficient (Wildman–Crippen LogP) is 5.12. The summed E-state index contributed by atoms with van der Waals surface area (Å²) in [5.41, 5.74) is 2.97. The molecule has 1 aliphatic heterocycles. The Morgan fingerprint density at radius 2 is 1.96 bits per heavy atom. The monoisotopic (exact) mass is 356 g/mol. The van der Waals surface area contributed by atoms with E-state index < -0.39 is 0 Å². The van der Waals surface area contributed by atoms with E-state index in [2.05, 4.69) is 33.8 Å². The number of hydrogen-bond donors (Lipinski definition) is 0. The zero-order valence-electron chi connectivity index (χ0n) is 16.9. The number of carbonyl (C=O) groups is 1. The quantitative estimate of drug-likeness (QED) is 0.701. The fraction of sp³-hybridized carbons (Fsp3) is 0.696. The van der Waals surface area contributed by atoms with Crippen molar-refractivity contribution in [2.24, 2.45) is 22.7 Å². The van der Waals surface area contributed by atoms with Gasteiger partial charge in [0.05, 0.1) is 7.11 Å². The topological polar surface area (TPSA) is 35.5 Å². The molecule has 0 radical (unpaired) electrons. The van der Waals surface area contributed by atoms with Crippen molar-refractivity contribution in [2.75, 3.05) is 7.11 Å². The predicted molar refractivity (Wildman–Crippen MR) is 103 cm³/mol. The number of Topliss-reactive ketones (excluding diaryl/α,β-unsaturated/α-hetero) is 1. The zero-order chi connectivity index (χ0) is 18.7. The van der Waals surface area contributed by atoms with Crippen LogP contribution in [0.5, 0.6) is 11.5 Å². The lowest BCUT2D eigenvalue weighted by Gasteiger charge is -2.48. The summed E-state index contributed by atoms with van der Waals surface area (Å²) in [6.45, 7) is 9.24. The molecule has 3 aliphatic rings. The van der Waals surface area contributed by atoms with Crippen LogP contribution in [0.15, 0.2) is 12.1 Å². The van der Waals surface area contributed by atoms with Gasteiger partial charge in [-0.05, 0) is 67.4 Å². The number of fused-ring (bicyclic) bond motifs is 5. The molecule has 4 rings (SSSR count). The van der Waals surface area contributed by atoms with E-state index in [1.54, 1.807) is 7.11 Å². The summed E-state index contributed by atoms with van der Waals surface area (Å²) in [7, 11) is 1.69. The summed E-state index contributed by atoms with van der Waals surface area (Å²) in [5, 5.41) is 0. The Morgan fingerprint density at radius 3 is 2.69 bits per heavy atom. The number of methoxy groups -OCH3 is 1. The van der Waals surface area contributed by atoms with E-state index in [1.807, 2.05) is 6.07 Å². The van der Waals surface area contributed by atoms with Crippen LogP contribution in [-0.4, -0.2) is 19.0 Å². The van der Waals surface area contributed by atoms with E-state index >= 15 is 0 Å². The number of hydrogen-bond acceptors (Lipinski definition) is 3. The van der Waals surface area contributed by atoms with Gasteiger partial charge in [0, 0.05) is 17.9 Å². The van der Waals surface area contributed by atoms with E-state index in [-0.39, 0.29) is 23.2 Å². The van der Waals surface area contributed by atoms with Crippen LogP contribution in [-0.2, 0) is 11.2 Å². The molecule has 0 saturated heterocycles. The fourth-order valence-corrected chi connectivity index (χ4v) is 5.87. The van der Waals surface area contributed by atoms with Crippen molar-refractivity contribution in [1.29, 1.82) is 0 Å². The fourth-order valence-electron chi connectivity index (χ4n) is 5.87. The molecule has 5 atom stereocenters. The Balaban J connectivity index is 1.82. The van der Waals surface area contributed by atoms with Gasteiger partial charge in [-0.15, -0.1) is 0 Å². The molecule has 142 valence electrons. The summed E-state index contributed by atoms with van der Waals surface area (Å²) in [6.07, 6.45) is 6.02. The molecule has 26 heavy (non-hydrogen) atoms. The molecule has 2 saturated carbocycles. The summed E-state index contributed by atoms with van der Waals surface area (Å²) >= 11 is 0. The maximum absolute atomic E-state index is 12.9. The van der Waals surface area contributed by atoms with E-state index in [0.29, 0.717) is 11.8 Å². The SMILES string of the molecule is COc1ccc(C)c2c1OC1C(=O)CC[C@](C)(C1C)C1(C)CC1CCC2. The normalized spacial score (nSPS) is 39.1. The zero-order valence-corrected chi connectivity index (χ0v) is 16.9. The Labute approximate surface area is 157 Å². The summed E-state index contributed by atoms with van der Waals surface area (Å²) in [6, 6.07) is 4.09. The molecule has 0 N–H and O–H groups in total. The Kier molecular flexibility index (Phi) is 4.13. The third-order valence-electron chi connectivity index (χ3n) is 8.29. The molecule has 2 bridgehead atoms. The third kappa shape index (κ3) is 2.42. The average Bonchev–Trinajstić information content (AvgIpc) is 3.29. The molecule has 0 amide bonds. The van der Waals surface area contributed by atoms with Crippen LogP contribution < -0.4 is 9.47 Å². The molecule has 1 heterocycles. The number of benzene rings is 1. The molecular weight excluding hydrogens is 324 g/mol. The lowest BCUT2D eigenvalue weighted by atomic mass is 9.58. The van der Waals surface area contributed by atoms with Gasteiger partial charge in [0.1, 0.15) is 0 Å². The maximum Gasteiger partial charge on any atom is 0.173 e. The van der Waals surface area contributed by atoms with Gasteiger partial charge in [-0.25, -0.2) is 0 Å². The van der Waals surface area contributed by atoms with Crippen molar-refractivity contribution >= 4 is 5.78 Å². The van der Waals surface area contributed by atoms with E-state index in [9.17, 15) is 4.79 Å². The Morgan fingerprint density at radius 1 is 1.19 bits per heavy atom. The molecule has 1 aromatic carbocycles. The van der Waals surface area contributed by atoms with Crippen LogP contribution >= 0.6 is 0 Å². The van der Waals surface area contributed by atoms with Crippen molar-refractivity contribution in [2.45, 2.75) is 72.3 Å². The van der Waals surface area contributed by atoms with Gasteiger partial charge >= 0.3 is 0 Å². The first-order valence-electron chi connectivity index (χ1n) is 10.2. The van der Waals surface area contributed by atoms with Crippen molar-refractivity contribution in [3.8, 4) is 11.5 Å². The summed E-state index contributed by atoms with van der Waals surface area (Å²) in [5.74, 6) is 2.83. The van der Waals surface area contributed by atoms with E-state index in [4.69, 9.17) is 9.47 Å². The second kappa shape index (κ2) is 6.00. The van der Waals surface area contributed by atoms with Crippen LogP contribution in [0.4, 0.5) is 0 Å². The highest BCUT2D eigenvalue weighted by atomic mass is 16.5. The average molecular weight is 357 g/mol. The highest BCUT2D eigenvalue weighted by Gasteiger charge is 2.64. The Bertz CT molecular complexity index is 739. The highest BCUT2D eigenvalue weighted by molar-refractivity contribution is 5.85. The maximum atomic E-state index is 12.9. The molecule has 3 heteroatoms. The van der Waals surface area contributed by atoms with Crippen molar-refractivity contribution in [1.82, 2.24) is 0 Å².